The molecule has 0 aliphatic carbocycles. The molecule has 1 aromatic carbocycles. The zero-order valence-electron chi connectivity index (χ0n) is 8.85. The number of carbonyl (C=O) groups excluding carboxylic acids is 1. The molecule has 16 heavy (non-hydrogen) atoms. The third-order valence-electron chi connectivity index (χ3n) is 2.41. The van der Waals surface area contributed by atoms with E-state index in [0.29, 0.717) is 17.4 Å². The maximum Gasteiger partial charge on any atom is 0.150 e. The van der Waals surface area contributed by atoms with E-state index in [2.05, 4.69) is 5.10 Å². The summed E-state index contributed by atoms with van der Waals surface area (Å²) in [4.78, 5) is 10.8. The second-order valence-electron chi connectivity index (χ2n) is 3.43. The van der Waals surface area contributed by atoms with Gasteiger partial charge in [-0.05, 0) is 24.6 Å². The number of halogens is 1. The normalized spacial score (nSPS) is 10.4. The standard InChI is InChI=1S/C12H11FN2O/c1-2-15-7-10(6-14-15)12-4-3-11(13)5-9(12)8-16/h3-8H,2H2,1H3. The van der Waals surface area contributed by atoms with Crippen LogP contribution in [0.2, 0.25) is 0 Å². The molecule has 0 atom stereocenters. The summed E-state index contributed by atoms with van der Waals surface area (Å²) < 4.78 is 14.7. The molecule has 0 saturated heterocycles. The molecule has 0 N–H and O–H groups in total. The van der Waals surface area contributed by atoms with Crippen molar-refractivity contribution in [1.82, 2.24) is 9.78 Å². The fourth-order valence-corrected chi connectivity index (χ4v) is 1.57. The van der Waals surface area contributed by atoms with Crippen LogP contribution < -0.4 is 0 Å². The van der Waals surface area contributed by atoms with Crippen molar-refractivity contribution in [2.45, 2.75) is 13.5 Å². The van der Waals surface area contributed by atoms with Crippen LogP contribution in [0.1, 0.15) is 17.3 Å². The van der Waals surface area contributed by atoms with Gasteiger partial charge in [-0.15, -0.1) is 0 Å². The van der Waals surface area contributed by atoms with Crippen LogP contribution in [0.15, 0.2) is 30.6 Å². The molecular weight excluding hydrogens is 207 g/mol. The number of aryl methyl sites for hydroxylation is 1. The Kier molecular flexibility index (Phi) is 2.81. The maximum absolute atomic E-state index is 12.9. The van der Waals surface area contributed by atoms with Gasteiger partial charge in [-0.1, -0.05) is 6.07 Å². The average Bonchev–Trinajstić information content (AvgIpc) is 2.77. The summed E-state index contributed by atoms with van der Waals surface area (Å²) in [5, 5.41) is 4.12. The van der Waals surface area contributed by atoms with Crippen molar-refractivity contribution in [2.24, 2.45) is 0 Å². The number of aromatic nitrogens is 2. The van der Waals surface area contributed by atoms with Gasteiger partial charge in [0.15, 0.2) is 6.29 Å². The first-order valence-corrected chi connectivity index (χ1v) is 5.02. The molecule has 2 rings (SSSR count). The Bertz CT molecular complexity index is 519. The fraction of sp³-hybridized carbons (Fsp3) is 0.167. The lowest BCUT2D eigenvalue weighted by atomic mass is 10.0. The minimum absolute atomic E-state index is 0.343. The smallest absolute Gasteiger partial charge is 0.150 e. The van der Waals surface area contributed by atoms with E-state index in [-0.39, 0.29) is 0 Å². The highest BCUT2D eigenvalue weighted by molar-refractivity contribution is 5.87. The molecule has 0 amide bonds. The molecule has 3 nitrogen and oxygen atoms in total. The first-order valence-electron chi connectivity index (χ1n) is 5.02. The highest BCUT2D eigenvalue weighted by Crippen LogP contribution is 2.22. The molecular formula is C12H11FN2O. The molecule has 0 aliphatic rings. The van der Waals surface area contributed by atoms with Crippen LogP contribution in [0, 0.1) is 5.82 Å². The summed E-state index contributed by atoms with van der Waals surface area (Å²) in [6, 6.07) is 4.16. The molecule has 0 radical (unpaired) electrons. The number of nitrogens with zero attached hydrogens (tertiary/aromatic N) is 2. The van der Waals surface area contributed by atoms with Crippen LogP contribution >= 0.6 is 0 Å². The fourth-order valence-electron chi connectivity index (χ4n) is 1.57. The Morgan fingerprint density at radius 2 is 2.31 bits per heavy atom. The second-order valence-corrected chi connectivity index (χ2v) is 3.43. The summed E-state index contributed by atoms with van der Waals surface area (Å²) in [5.41, 5.74) is 1.87. The third kappa shape index (κ3) is 1.86. The SMILES string of the molecule is CCn1cc(-c2ccc(F)cc2C=O)cn1. The van der Waals surface area contributed by atoms with Gasteiger partial charge in [-0.25, -0.2) is 4.39 Å². The molecule has 0 bridgehead atoms. The largest absolute Gasteiger partial charge is 0.298 e. The lowest BCUT2D eigenvalue weighted by Crippen LogP contribution is -1.92. The second kappa shape index (κ2) is 4.26. The highest BCUT2D eigenvalue weighted by atomic mass is 19.1. The number of hydrogen-bond donors (Lipinski definition) is 0. The summed E-state index contributed by atoms with van der Waals surface area (Å²) in [6.07, 6.45) is 4.16. The Morgan fingerprint density at radius 1 is 1.50 bits per heavy atom. The minimum atomic E-state index is -0.409. The van der Waals surface area contributed by atoms with Gasteiger partial charge < -0.3 is 0 Å². The number of aldehydes is 1. The molecule has 82 valence electrons. The van der Waals surface area contributed by atoms with Crippen molar-refractivity contribution in [3.63, 3.8) is 0 Å². The van der Waals surface area contributed by atoms with E-state index in [0.717, 1.165) is 12.1 Å². The minimum Gasteiger partial charge on any atom is -0.298 e. The quantitative estimate of drug-likeness (QED) is 0.742. The Hall–Kier alpha value is -1.97. The van der Waals surface area contributed by atoms with E-state index in [9.17, 15) is 9.18 Å². The molecule has 4 heteroatoms. The van der Waals surface area contributed by atoms with E-state index in [1.165, 1.54) is 12.1 Å². The third-order valence-corrected chi connectivity index (χ3v) is 2.41. The van der Waals surface area contributed by atoms with Gasteiger partial charge in [0.05, 0.1) is 6.20 Å². The van der Waals surface area contributed by atoms with Gasteiger partial charge in [0.2, 0.25) is 0 Å². The van der Waals surface area contributed by atoms with Crippen molar-refractivity contribution in [1.29, 1.82) is 0 Å². The van der Waals surface area contributed by atoms with E-state index >= 15 is 0 Å². The van der Waals surface area contributed by atoms with E-state index in [1.807, 2.05) is 13.1 Å². The van der Waals surface area contributed by atoms with Crippen LogP contribution in [0.4, 0.5) is 4.39 Å². The number of benzene rings is 1. The van der Waals surface area contributed by atoms with Gasteiger partial charge in [0, 0.05) is 23.9 Å². The predicted molar refractivity (Wildman–Crippen MR) is 58.7 cm³/mol. The molecule has 1 aromatic heterocycles. The van der Waals surface area contributed by atoms with Gasteiger partial charge in [-0.2, -0.15) is 5.10 Å². The van der Waals surface area contributed by atoms with Crippen molar-refractivity contribution in [3.8, 4) is 11.1 Å². The summed E-state index contributed by atoms with van der Waals surface area (Å²) in [6.45, 7) is 2.74. The number of rotatable bonds is 3. The topological polar surface area (TPSA) is 34.9 Å². The Balaban J connectivity index is 2.50. The van der Waals surface area contributed by atoms with Gasteiger partial charge in [-0.3, -0.25) is 9.48 Å². The molecule has 0 spiro atoms. The van der Waals surface area contributed by atoms with Crippen LogP contribution in [-0.2, 0) is 6.54 Å². The van der Waals surface area contributed by atoms with Gasteiger partial charge >= 0.3 is 0 Å². The van der Waals surface area contributed by atoms with Crippen molar-refractivity contribution in [2.75, 3.05) is 0 Å². The van der Waals surface area contributed by atoms with E-state index < -0.39 is 5.82 Å². The highest BCUT2D eigenvalue weighted by Gasteiger charge is 2.07. The maximum atomic E-state index is 12.9. The Morgan fingerprint density at radius 3 is 2.94 bits per heavy atom. The monoisotopic (exact) mass is 218 g/mol. The van der Waals surface area contributed by atoms with Crippen molar-refractivity contribution < 1.29 is 9.18 Å². The zero-order valence-corrected chi connectivity index (χ0v) is 8.85. The van der Waals surface area contributed by atoms with Crippen LogP contribution in [0.3, 0.4) is 0 Å². The molecule has 1 heterocycles. The summed E-state index contributed by atoms with van der Waals surface area (Å²) >= 11 is 0. The Labute approximate surface area is 92.5 Å². The zero-order chi connectivity index (χ0) is 11.5. The lowest BCUT2D eigenvalue weighted by Gasteiger charge is -2.01. The molecule has 2 aromatic rings. The first kappa shape index (κ1) is 10.5. The van der Waals surface area contributed by atoms with Crippen LogP contribution in [0.25, 0.3) is 11.1 Å². The predicted octanol–water partition coefficient (Wildman–Crippen LogP) is 2.52. The number of hydrogen-bond acceptors (Lipinski definition) is 2. The number of carbonyl (C=O) groups is 1. The molecule has 0 saturated carbocycles. The summed E-state index contributed by atoms with van der Waals surface area (Å²) in [7, 11) is 0. The first-order chi connectivity index (χ1) is 7.74. The van der Waals surface area contributed by atoms with Gasteiger partial charge in [0.25, 0.3) is 0 Å². The summed E-state index contributed by atoms with van der Waals surface area (Å²) in [5.74, 6) is -0.409. The van der Waals surface area contributed by atoms with Crippen molar-refractivity contribution in [3.05, 3.63) is 42.0 Å². The molecule has 0 unspecified atom stereocenters. The van der Waals surface area contributed by atoms with Crippen LogP contribution in [-0.4, -0.2) is 16.1 Å². The van der Waals surface area contributed by atoms with Crippen molar-refractivity contribution >= 4 is 6.29 Å². The van der Waals surface area contributed by atoms with E-state index in [4.69, 9.17) is 0 Å². The molecule has 0 fully saturated rings. The average molecular weight is 218 g/mol. The van der Waals surface area contributed by atoms with E-state index in [1.54, 1.807) is 16.9 Å². The van der Waals surface area contributed by atoms with Crippen LogP contribution in [0.5, 0.6) is 0 Å². The lowest BCUT2D eigenvalue weighted by molar-refractivity contribution is 0.112. The molecule has 0 aliphatic heterocycles. The van der Waals surface area contributed by atoms with Gasteiger partial charge in [0.1, 0.15) is 5.82 Å².